The van der Waals surface area contributed by atoms with E-state index in [4.69, 9.17) is 19.3 Å². The standard InChI is InChI=1S/C16H18N2O6S/c1-22-7-12(16(20)21)18-15(19)10-3-4-13(14(5-10)23-2)24-6-11-8-25-9-17-11/h3-5,8-9,12H,6-7H2,1-2H3,(H,18,19)(H,20,21). The van der Waals surface area contributed by atoms with Crippen molar-refractivity contribution in [3.8, 4) is 11.5 Å². The van der Waals surface area contributed by atoms with E-state index in [0.717, 1.165) is 5.69 Å². The van der Waals surface area contributed by atoms with Crippen LogP contribution in [-0.2, 0) is 16.1 Å². The molecule has 9 heteroatoms. The van der Waals surface area contributed by atoms with Crippen molar-refractivity contribution in [2.45, 2.75) is 12.6 Å². The van der Waals surface area contributed by atoms with E-state index in [1.165, 1.54) is 37.7 Å². The number of methoxy groups -OCH3 is 2. The molecule has 134 valence electrons. The lowest BCUT2D eigenvalue weighted by Crippen LogP contribution is -2.43. The van der Waals surface area contributed by atoms with Crippen LogP contribution in [0.1, 0.15) is 16.1 Å². The molecule has 1 unspecified atom stereocenters. The van der Waals surface area contributed by atoms with Gasteiger partial charge in [0.25, 0.3) is 5.91 Å². The summed E-state index contributed by atoms with van der Waals surface area (Å²) in [4.78, 5) is 27.4. The summed E-state index contributed by atoms with van der Waals surface area (Å²) in [5.74, 6) is -0.903. The number of carboxylic acid groups (broad SMARTS) is 1. The van der Waals surface area contributed by atoms with Crippen molar-refractivity contribution in [2.24, 2.45) is 0 Å². The van der Waals surface area contributed by atoms with Gasteiger partial charge in [0.15, 0.2) is 17.5 Å². The molecule has 0 aliphatic carbocycles. The van der Waals surface area contributed by atoms with Crippen molar-refractivity contribution in [1.82, 2.24) is 10.3 Å². The highest BCUT2D eigenvalue weighted by Crippen LogP contribution is 2.28. The number of hydrogen-bond acceptors (Lipinski definition) is 7. The number of benzene rings is 1. The fourth-order valence-electron chi connectivity index (χ4n) is 1.97. The molecule has 0 spiro atoms. The first-order valence-electron chi connectivity index (χ1n) is 7.25. The maximum Gasteiger partial charge on any atom is 0.328 e. The van der Waals surface area contributed by atoms with Gasteiger partial charge in [0.05, 0.1) is 24.9 Å². The van der Waals surface area contributed by atoms with Gasteiger partial charge in [0, 0.05) is 18.1 Å². The number of rotatable bonds is 9. The second kappa shape index (κ2) is 9.00. The highest BCUT2D eigenvalue weighted by molar-refractivity contribution is 7.07. The SMILES string of the molecule is COCC(NC(=O)c1ccc(OCc2cscn2)c(OC)c1)C(=O)O. The normalized spacial score (nSPS) is 11.6. The van der Waals surface area contributed by atoms with Crippen LogP contribution < -0.4 is 14.8 Å². The summed E-state index contributed by atoms with van der Waals surface area (Å²) in [7, 11) is 2.82. The van der Waals surface area contributed by atoms with Gasteiger partial charge in [-0.1, -0.05) is 0 Å². The monoisotopic (exact) mass is 366 g/mol. The minimum Gasteiger partial charge on any atom is -0.493 e. The topological polar surface area (TPSA) is 107 Å². The summed E-state index contributed by atoms with van der Waals surface area (Å²) in [6.45, 7) is 0.146. The van der Waals surface area contributed by atoms with Crippen LogP contribution in [0.25, 0.3) is 0 Å². The van der Waals surface area contributed by atoms with Gasteiger partial charge in [-0.05, 0) is 18.2 Å². The van der Waals surface area contributed by atoms with Crippen LogP contribution in [0.2, 0.25) is 0 Å². The first-order chi connectivity index (χ1) is 12.0. The third kappa shape index (κ3) is 5.16. The minimum absolute atomic E-state index is 0.132. The third-order valence-electron chi connectivity index (χ3n) is 3.22. The van der Waals surface area contributed by atoms with Crippen LogP contribution >= 0.6 is 11.3 Å². The van der Waals surface area contributed by atoms with E-state index in [1.54, 1.807) is 11.6 Å². The molecular formula is C16H18N2O6S. The molecule has 8 nitrogen and oxygen atoms in total. The van der Waals surface area contributed by atoms with Gasteiger partial charge in [-0.2, -0.15) is 0 Å². The van der Waals surface area contributed by atoms with Crippen LogP contribution in [0.3, 0.4) is 0 Å². The second-order valence-corrected chi connectivity index (χ2v) is 5.67. The van der Waals surface area contributed by atoms with E-state index in [2.05, 4.69) is 10.3 Å². The Balaban J connectivity index is 2.08. The molecule has 1 aromatic carbocycles. The zero-order valence-electron chi connectivity index (χ0n) is 13.7. The number of nitrogens with zero attached hydrogens (tertiary/aromatic N) is 1. The van der Waals surface area contributed by atoms with Crippen LogP contribution in [0.15, 0.2) is 29.1 Å². The van der Waals surface area contributed by atoms with E-state index in [1.807, 2.05) is 5.38 Å². The number of carboxylic acids is 1. The molecule has 0 aliphatic heterocycles. The Morgan fingerprint density at radius 3 is 2.72 bits per heavy atom. The Labute approximate surface area is 148 Å². The van der Waals surface area contributed by atoms with Gasteiger partial charge in [0.2, 0.25) is 0 Å². The number of nitrogens with one attached hydrogen (secondary N) is 1. The van der Waals surface area contributed by atoms with E-state index in [9.17, 15) is 9.59 Å². The lowest BCUT2D eigenvalue weighted by atomic mass is 10.1. The number of amides is 1. The predicted molar refractivity (Wildman–Crippen MR) is 90.2 cm³/mol. The second-order valence-electron chi connectivity index (χ2n) is 4.95. The Morgan fingerprint density at radius 2 is 2.12 bits per heavy atom. The number of carbonyl (C=O) groups excluding carboxylic acids is 1. The van der Waals surface area contributed by atoms with Crippen molar-refractivity contribution in [3.63, 3.8) is 0 Å². The average Bonchev–Trinajstić information content (AvgIpc) is 3.12. The smallest absolute Gasteiger partial charge is 0.328 e. The van der Waals surface area contributed by atoms with E-state index in [0.29, 0.717) is 11.5 Å². The van der Waals surface area contributed by atoms with Crippen molar-refractivity contribution in [1.29, 1.82) is 0 Å². The van der Waals surface area contributed by atoms with E-state index in [-0.39, 0.29) is 18.8 Å². The zero-order chi connectivity index (χ0) is 18.2. The maximum atomic E-state index is 12.2. The molecule has 0 aliphatic rings. The summed E-state index contributed by atoms with van der Waals surface area (Å²) in [5, 5.41) is 13.3. The molecule has 1 heterocycles. The Hall–Kier alpha value is -2.65. The van der Waals surface area contributed by atoms with Crippen LogP contribution in [0.5, 0.6) is 11.5 Å². The number of aromatic nitrogens is 1. The van der Waals surface area contributed by atoms with E-state index >= 15 is 0 Å². The summed E-state index contributed by atoms with van der Waals surface area (Å²) in [5.41, 5.74) is 2.75. The largest absolute Gasteiger partial charge is 0.493 e. The molecule has 0 fully saturated rings. The van der Waals surface area contributed by atoms with Gasteiger partial charge in [-0.25, -0.2) is 9.78 Å². The predicted octanol–water partition coefficient (Wildman–Crippen LogP) is 1.56. The third-order valence-corrected chi connectivity index (χ3v) is 3.86. The average molecular weight is 366 g/mol. The molecule has 0 radical (unpaired) electrons. The van der Waals surface area contributed by atoms with E-state index < -0.39 is 17.9 Å². The molecule has 1 aromatic heterocycles. The summed E-state index contributed by atoms with van der Waals surface area (Å²) < 4.78 is 15.7. The highest BCUT2D eigenvalue weighted by atomic mass is 32.1. The molecule has 0 saturated carbocycles. The fraction of sp³-hybridized carbons (Fsp3) is 0.312. The number of aliphatic carboxylic acids is 1. The minimum atomic E-state index is -1.18. The molecular weight excluding hydrogens is 348 g/mol. The Morgan fingerprint density at radius 1 is 1.32 bits per heavy atom. The fourth-order valence-corrected chi connectivity index (χ4v) is 2.51. The molecule has 1 atom stereocenters. The first-order valence-corrected chi connectivity index (χ1v) is 8.20. The number of thiazole rings is 1. The van der Waals surface area contributed by atoms with Gasteiger partial charge < -0.3 is 24.6 Å². The van der Waals surface area contributed by atoms with Crippen molar-refractivity contribution >= 4 is 23.2 Å². The summed E-state index contributed by atoms with van der Waals surface area (Å²) >= 11 is 1.47. The van der Waals surface area contributed by atoms with Crippen LogP contribution in [-0.4, -0.2) is 48.8 Å². The van der Waals surface area contributed by atoms with Gasteiger partial charge in [-0.3, -0.25) is 4.79 Å². The number of ether oxygens (including phenoxy) is 3. The van der Waals surface area contributed by atoms with Gasteiger partial charge >= 0.3 is 5.97 Å². The highest BCUT2D eigenvalue weighted by Gasteiger charge is 2.21. The van der Waals surface area contributed by atoms with Gasteiger partial charge in [0.1, 0.15) is 6.61 Å². The molecule has 2 N–H and O–H groups in total. The van der Waals surface area contributed by atoms with Gasteiger partial charge in [-0.15, -0.1) is 11.3 Å². The Bertz CT molecular complexity index is 719. The molecule has 2 aromatic rings. The maximum absolute atomic E-state index is 12.2. The summed E-state index contributed by atoms with van der Waals surface area (Å²) in [6, 6.07) is 3.47. The molecule has 1 amide bonds. The quantitative estimate of drug-likeness (QED) is 0.693. The molecule has 0 saturated heterocycles. The lowest BCUT2D eigenvalue weighted by molar-refractivity contribution is -0.140. The van der Waals surface area contributed by atoms with Crippen molar-refractivity contribution < 1.29 is 28.9 Å². The van der Waals surface area contributed by atoms with Crippen LogP contribution in [0, 0.1) is 0 Å². The van der Waals surface area contributed by atoms with Crippen LogP contribution in [0.4, 0.5) is 0 Å². The van der Waals surface area contributed by atoms with Crippen molar-refractivity contribution in [3.05, 3.63) is 40.3 Å². The summed E-state index contributed by atoms with van der Waals surface area (Å²) in [6.07, 6.45) is 0. The molecule has 2 rings (SSSR count). The molecule has 0 bridgehead atoms. The number of carbonyl (C=O) groups is 2. The van der Waals surface area contributed by atoms with Crippen molar-refractivity contribution in [2.75, 3.05) is 20.8 Å². The number of hydrogen-bond donors (Lipinski definition) is 2. The Kier molecular flexibility index (Phi) is 6.72. The first kappa shape index (κ1) is 18.7. The lowest BCUT2D eigenvalue weighted by Gasteiger charge is -2.15. The zero-order valence-corrected chi connectivity index (χ0v) is 14.5. The molecule has 25 heavy (non-hydrogen) atoms.